The van der Waals surface area contributed by atoms with Gasteiger partial charge >= 0.3 is 0 Å². The van der Waals surface area contributed by atoms with E-state index in [1.165, 1.54) is 16.7 Å². The minimum Gasteiger partial charge on any atom is -0.494 e. The van der Waals surface area contributed by atoms with E-state index in [9.17, 15) is 4.39 Å². The molecule has 0 fully saturated rings. The molecule has 2 aromatic carbocycles. The highest BCUT2D eigenvalue weighted by Gasteiger charge is 1.99. The highest BCUT2D eigenvalue weighted by Crippen LogP contribution is 2.23. The zero-order valence-corrected chi connectivity index (χ0v) is 11.7. The lowest BCUT2D eigenvalue weighted by Crippen LogP contribution is -1.90. The van der Waals surface area contributed by atoms with Crippen molar-refractivity contribution in [1.82, 2.24) is 0 Å². The Kier molecular flexibility index (Phi) is 5.36. The zero-order valence-electron chi connectivity index (χ0n) is 11.7. The smallest absolute Gasteiger partial charge is 0.119 e. The lowest BCUT2D eigenvalue weighted by molar-refractivity contribution is 0.340. The van der Waals surface area contributed by atoms with Crippen LogP contribution in [0.15, 0.2) is 60.9 Å². The second-order valence-corrected chi connectivity index (χ2v) is 4.55. The van der Waals surface area contributed by atoms with Crippen molar-refractivity contribution in [3.63, 3.8) is 0 Å². The topological polar surface area (TPSA) is 9.23 Å². The van der Waals surface area contributed by atoms with Gasteiger partial charge in [-0.15, -0.1) is 0 Å². The van der Waals surface area contributed by atoms with Crippen LogP contribution in [0.2, 0.25) is 0 Å². The van der Waals surface area contributed by atoms with Crippen LogP contribution in [0.3, 0.4) is 0 Å². The first kappa shape index (κ1) is 14.3. The summed E-state index contributed by atoms with van der Waals surface area (Å²) in [6.45, 7) is 2.66. The monoisotopic (exact) mass is 270 g/mol. The summed E-state index contributed by atoms with van der Waals surface area (Å²) < 4.78 is 17.3. The lowest BCUT2D eigenvalue weighted by Gasteiger charge is -2.06. The van der Waals surface area contributed by atoms with Gasteiger partial charge < -0.3 is 4.74 Å². The SMILES string of the molecule is CCOc1ccc(-c2ccc(CCC=CF)cc2)cc1. The third-order valence-electron chi connectivity index (χ3n) is 3.14. The van der Waals surface area contributed by atoms with Gasteiger partial charge in [0, 0.05) is 0 Å². The molecule has 0 amide bonds. The average Bonchev–Trinajstić information content (AvgIpc) is 2.49. The van der Waals surface area contributed by atoms with E-state index in [-0.39, 0.29) is 0 Å². The van der Waals surface area contributed by atoms with Gasteiger partial charge in [-0.2, -0.15) is 0 Å². The number of aryl methyl sites for hydroxylation is 1. The van der Waals surface area contributed by atoms with Crippen LogP contribution in [-0.2, 0) is 6.42 Å². The van der Waals surface area contributed by atoms with Crippen LogP contribution in [0.5, 0.6) is 5.75 Å². The summed E-state index contributed by atoms with van der Waals surface area (Å²) in [6.07, 6.45) is 3.75. The van der Waals surface area contributed by atoms with E-state index in [0.29, 0.717) is 12.9 Å². The fourth-order valence-corrected chi connectivity index (χ4v) is 2.09. The number of ether oxygens (including phenoxy) is 1. The Morgan fingerprint density at radius 3 is 2.10 bits per heavy atom. The predicted octanol–water partition coefficient (Wildman–Crippen LogP) is 5.17. The van der Waals surface area contributed by atoms with Crippen molar-refractivity contribution in [2.45, 2.75) is 19.8 Å². The van der Waals surface area contributed by atoms with E-state index >= 15 is 0 Å². The van der Waals surface area contributed by atoms with Crippen LogP contribution in [-0.4, -0.2) is 6.61 Å². The largest absolute Gasteiger partial charge is 0.494 e. The molecule has 2 heteroatoms. The van der Waals surface area contributed by atoms with Crippen molar-refractivity contribution in [1.29, 1.82) is 0 Å². The minimum absolute atomic E-state index is 0.605. The molecule has 2 aromatic rings. The summed E-state index contributed by atoms with van der Waals surface area (Å²) in [5.41, 5.74) is 3.57. The van der Waals surface area contributed by atoms with Gasteiger partial charge in [0.05, 0.1) is 12.9 Å². The highest BCUT2D eigenvalue weighted by atomic mass is 19.1. The Balaban J connectivity index is 2.05. The van der Waals surface area contributed by atoms with Gasteiger partial charge in [-0.3, -0.25) is 0 Å². The Labute approximate surface area is 119 Å². The van der Waals surface area contributed by atoms with Crippen molar-refractivity contribution in [2.24, 2.45) is 0 Å². The van der Waals surface area contributed by atoms with Crippen LogP contribution in [0.1, 0.15) is 18.9 Å². The molecule has 0 bridgehead atoms. The molecule has 0 atom stereocenters. The third-order valence-corrected chi connectivity index (χ3v) is 3.14. The molecule has 0 heterocycles. The predicted molar refractivity (Wildman–Crippen MR) is 81.6 cm³/mol. The average molecular weight is 270 g/mol. The van der Waals surface area contributed by atoms with Crippen molar-refractivity contribution in [2.75, 3.05) is 6.61 Å². The fourth-order valence-electron chi connectivity index (χ4n) is 2.09. The summed E-state index contributed by atoms with van der Waals surface area (Å²) in [4.78, 5) is 0. The number of hydrogen-bond donors (Lipinski definition) is 0. The number of hydrogen-bond acceptors (Lipinski definition) is 1. The van der Waals surface area contributed by atoms with Gasteiger partial charge in [-0.25, -0.2) is 4.39 Å². The maximum absolute atomic E-state index is 11.9. The summed E-state index contributed by atoms with van der Waals surface area (Å²) >= 11 is 0. The first-order valence-electron chi connectivity index (χ1n) is 6.91. The Bertz CT molecular complexity index is 541. The normalized spacial score (nSPS) is 10.9. The Morgan fingerprint density at radius 2 is 1.55 bits per heavy atom. The zero-order chi connectivity index (χ0) is 14.2. The molecule has 0 unspecified atom stereocenters. The lowest BCUT2D eigenvalue weighted by atomic mass is 10.0. The minimum atomic E-state index is 0.605. The summed E-state index contributed by atoms with van der Waals surface area (Å²) in [6, 6.07) is 16.5. The second-order valence-electron chi connectivity index (χ2n) is 4.55. The van der Waals surface area contributed by atoms with Crippen molar-refractivity contribution in [3.05, 3.63) is 66.5 Å². The molecule has 1 nitrogen and oxygen atoms in total. The molecule has 0 aliphatic rings. The van der Waals surface area contributed by atoms with Gasteiger partial charge in [0.1, 0.15) is 5.75 Å². The van der Waals surface area contributed by atoms with Crippen LogP contribution in [0, 0.1) is 0 Å². The van der Waals surface area contributed by atoms with Crippen LogP contribution in [0.4, 0.5) is 4.39 Å². The molecular formula is C18H19FO. The molecule has 0 saturated heterocycles. The first-order chi connectivity index (χ1) is 9.83. The molecular weight excluding hydrogens is 251 g/mol. The summed E-state index contributed by atoms with van der Waals surface area (Å²) in [7, 11) is 0. The molecule has 2 rings (SSSR count). The molecule has 20 heavy (non-hydrogen) atoms. The molecule has 104 valence electrons. The molecule has 0 aliphatic carbocycles. The van der Waals surface area contributed by atoms with E-state index in [2.05, 4.69) is 36.4 Å². The fraction of sp³-hybridized carbons (Fsp3) is 0.222. The van der Waals surface area contributed by atoms with E-state index < -0.39 is 0 Å². The van der Waals surface area contributed by atoms with E-state index in [1.807, 2.05) is 19.1 Å². The van der Waals surface area contributed by atoms with E-state index in [0.717, 1.165) is 18.6 Å². The van der Waals surface area contributed by atoms with Crippen LogP contribution < -0.4 is 4.74 Å². The number of halogens is 1. The maximum Gasteiger partial charge on any atom is 0.119 e. The van der Waals surface area contributed by atoms with Crippen molar-refractivity contribution < 1.29 is 9.13 Å². The second kappa shape index (κ2) is 7.49. The summed E-state index contributed by atoms with van der Waals surface area (Å²) in [5.74, 6) is 0.894. The Morgan fingerprint density at radius 1 is 0.950 bits per heavy atom. The highest BCUT2D eigenvalue weighted by molar-refractivity contribution is 5.64. The number of benzene rings is 2. The van der Waals surface area contributed by atoms with Gasteiger partial charge in [-0.1, -0.05) is 42.5 Å². The standard InChI is InChI=1S/C18H19FO/c1-2-20-18-12-10-17(11-13-18)16-8-6-15(7-9-16)5-3-4-14-19/h4,6-14H,2-3,5H2,1H3. The van der Waals surface area contributed by atoms with Crippen molar-refractivity contribution >= 4 is 0 Å². The van der Waals surface area contributed by atoms with Gasteiger partial charge in [0.15, 0.2) is 0 Å². The maximum atomic E-state index is 11.9. The van der Waals surface area contributed by atoms with E-state index in [4.69, 9.17) is 4.74 Å². The van der Waals surface area contributed by atoms with Gasteiger partial charge in [0.2, 0.25) is 0 Å². The quantitative estimate of drug-likeness (QED) is 0.703. The van der Waals surface area contributed by atoms with Crippen molar-refractivity contribution in [3.8, 4) is 16.9 Å². The van der Waals surface area contributed by atoms with Crippen LogP contribution in [0.25, 0.3) is 11.1 Å². The van der Waals surface area contributed by atoms with Crippen LogP contribution >= 0.6 is 0 Å². The number of rotatable bonds is 6. The molecule has 0 saturated carbocycles. The third kappa shape index (κ3) is 3.95. The van der Waals surface area contributed by atoms with Gasteiger partial charge in [-0.05, 0) is 48.6 Å². The first-order valence-corrected chi connectivity index (χ1v) is 6.91. The number of allylic oxidation sites excluding steroid dienone is 1. The molecule has 0 aromatic heterocycles. The summed E-state index contributed by atoms with van der Waals surface area (Å²) in [5, 5.41) is 0. The molecule has 0 radical (unpaired) electrons. The van der Waals surface area contributed by atoms with Gasteiger partial charge in [0.25, 0.3) is 0 Å². The van der Waals surface area contributed by atoms with E-state index in [1.54, 1.807) is 6.08 Å². The molecule has 0 spiro atoms. The molecule has 0 aliphatic heterocycles. The molecule has 0 N–H and O–H groups in total. The Hall–Kier alpha value is -2.09.